The molecule has 0 aliphatic carbocycles. The van der Waals surface area contributed by atoms with Gasteiger partial charge in [0, 0.05) is 23.2 Å². The lowest BCUT2D eigenvalue weighted by Gasteiger charge is -2.20. The van der Waals surface area contributed by atoms with Gasteiger partial charge in [0.05, 0.1) is 6.61 Å². The van der Waals surface area contributed by atoms with Gasteiger partial charge in [0.25, 0.3) is 0 Å². The van der Waals surface area contributed by atoms with E-state index in [0.717, 1.165) is 5.56 Å². The van der Waals surface area contributed by atoms with Crippen LogP contribution in [0, 0.1) is 0 Å². The molecule has 0 saturated heterocycles. The zero-order chi connectivity index (χ0) is 10.8. The number of rotatable bonds is 2. The van der Waals surface area contributed by atoms with Crippen molar-refractivity contribution in [3.63, 3.8) is 0 Å². The van der Waals surface area contributed by atoms with Crippen LogP contribution in [-0.4, -0.2) is 12.6 Å². The second kappa shape index (κ2) is 3.90. The number of hydrogen-bond acceptors (Lipinski definition) is 4. The van der Waals surface area contributed by atoms with E-state index in [1.165, 1.54) is 0 Å². The fraction of sp³-hybridized carbons (Fsp3) is 0.364. The van der Waals surface area contributed by atoms with Crippen molar-refractivity contribution in [1.82, 2.24) is 0 Å². The average molecular weight is 207 g/mol. The first kappa shape index (κ1) is 9.98. The number of ether oxygens (including phenoxy) is 2. The van der Waals surface area contributed by atoms with E-state index >= 15 is 0 Å². The minimum Gasteiger partial charge on any atom is -0.467 e. The molecule has 1 heterocycles. The molecule has 1 aliphatic rings. The molecule has 0 radical (unpaired) electrons. The van der Waals surface area contributed by atoms with Crippen LogP contribution in [0.2, 0.25) is 0 Å². The Labute approximate surface area is 88.0 Å². The van der Waals surface area contributed by atoms with Gasteiger partial charge < -0.3 is 15.2 Å². The largest absolute Gasteiger partial charge is 0.467 e. The molecule has 0 unspecified atom stereocenters. The van der Waals surface area contributed by atoms with E-state index in [0.29, 0.717) is 30.0 Å². The number of benzene rings is 1. The number of fused-ring (bicyclic) bond motifs is 1. The first-order chi connectivity index (χ1) is 7.24. The first-order valence-corrected chi connectivity index (χ1v) is 4.89. The maximum atomic E-state index is 11.7. The summed E-state index contributed by atoms with van der Waals surface area (Å²) in [6, 6.07) is 3.48. The Morgan fingerprint density at radius 3 is 3.07 bits per heavy atom. The monoisotopic (exact) mass is 207 g/mol. The summed E-state index contributed by atoms with van der Waals surface area (Å²) in [5, 5.41) is 0. The van der Waals surface area contributed by atoms with Crippen molar-refractivity contribution in [2.75, 3.05) is 12.5 Å². The molecule has 4 nitrogen and oxygen atoms in total. The van der Waals surface area contributed by atoms with Crippen LogP contribution in [-0.2, 0) is 11.3 Å². The lowest BCUT2D eigenvalue weighted by Crippen LogP contribution is -2.16. The predicted octanol–water partition coefficient (Wildman–Crippen LogP) is 1.73. The van der Waals surface area contributed by atoms with Gasteiger partial charge in [-0.25, -0.2) is 0 Å². The van der Waals surface area contributed by atoms with E-state index in [2.05, 4.69) is 0 Å². The summed E-state index contributed by atoms with van der Waals surface area (Å²) in [6.45, 7) is 2.43. The normalized spacial score (nSPS) is 14.2. The Morgan fingerprint density at radius 1 is 1.53 bits per heavy atom. The van der Waals surface area contributed by atoms with Gasteiger partial charge in [-0.15, -0.1) is 0 Å². The van der Waals surface area contributed by atoms with Gasteiger partial charge in [-0.1, -0.05) is 6.92 Å². The third-order valence-corrected chi connectivity index (χ3v) is 2.45. The number of Topliss-reactive ketones (excluding diaryl/α,β-unsaturated/α-hetero) is 1. The van der Waals surface area contributed by atoms with E-state index < -0.39 is 0 Å². The molecule has 1 aromatic carbocycles. The summed E-state index contributed by atoms with van der Waals surface area (Å²) in [5.74, 6) is 0.728. The molecule has 4 heteroatoms. The smallest absolute Gasteiger partial charge is 0.189 e. The number of nitrogen functional groups attached to an aromatic ring is 1. The number of carbonyl (C=O) groups is 1. The Morgan fingerprint density at radius 2 is 2.33 bits per heavy atom. The van der Waals surface area contributed by atoms with Gasteiger partial charge in [-0.3, -0.25) is 4.79 Å². The lowest BCUT2D eigenvalue weighted by atomic mass is 9.99. The fourth-order valence-electron chi connectivity index (χ4n) is 1.68. The van der Waals surface area contributed by atoms with Crippen molar-refractivity contribution in [2.45, 2.75) is 20.0 Å². The number of anilines is 1. The van der Waals surface area contributed by atoms with Crippen LogP contribution in [0.3, 0.4) is 0 Å². The molecule has 2 N–H and O–H groups in total. The second-order valence-electron chi connectivity index (χ2n) is 3.39. The standard InChI is InChI=1S/C11H13NO3/c1-2-9(13)11-7-5-14-6-15-10(7)4-3-8(11)12/h3-4H,2,5-6,12H2,1H3. The molecule has 0 spiro atoms. The summed E-state index contributed by atoms with van der Waals surface area (Å²) in [4.78, 5) is 11.7. The van der Waals surface area contributed by atoms with Crippen molar-refractivity contribution >= 4 is 11.5 Å². The topological polar surface area (TPSA) is 61.6 Å². The highest BCUT2D eigenvalue weighted by Crippen LogP contribution is 2.31. The number of nitrogens with two attached hydrogens (primary N) is 1. The van der Waals surface area contributed by atoms with Crippen LogP contribution in [0.15, 0.2) is 12.1 Å². The van der Waals surface area contributed by atoms with Gasteiger partial charge in [0.2, 0.25) is 0 Å². The van der Waals surface area contributed by atoms with Crippen LogP contribution in [0.1, 0.15) is 29.3 Å². The van der Waals surface area contributed by atoms with Crippen molar-refractivity contribution in [1.29, 1.82) is 0 Å². The van der Waals surface area contributed by atoms with Crippen LogP contribution < -0.4 is 10.5 Å². The minimum absolute atomic E-state index is 0.0263. The summed E-state index contributed by atoms with van der Waals surface area (Å²) >= 11 is 0. The van der Waals surface area contributed by atoms with Gasteiger partial charge in [-0.05, 0) is 12.1 Å². The summed E-state index contributed by atoms with van der Waals surface area (Å²) < 4.78 is 10.4. The number of carbonyl (C=O) groups excluding carboxylic acids is 1. The molecule has 1 aliphatic heterocycles. The van der Waals surface area contributed by atoms with E-state index in [4.69, 9.17) is 15.2 Å². The molecule has 0 aromatic heterocycles. The lowest BCUT2D eigenvalue weighted by molar-refractivity contribution is -0.0166. The minimum atomic E-state index is 0.0263. The zero-order valence-corrected chi connectivity index (χ0v) is 8.58. The third-order valence-electron chi connectivity index (χ3n) is 2.45. The van der Waals surface area contributed by atoms with Crippen molar-refractivity contribution in [3.8, 4) is 5.75 Å². The predicted molar refractivity (Wildman–Crippen MR) is 55.8 cm³/mol. The molecule has 0 atom stereocenters. The Hall–Kier alpha value is -1.55. The molecular weight excluding hydrogens is 194 g/mol. The molecule has 80 valence electrons. The average Bonchev–Trinajstić information content (AvgIpc) is 2.28. The molecule has 2 rings (SSSR count). The quantitative estimate of drug-likeness (QED) is 0.592. The summed E-state index contributed by atoms with van der Waals surface area (Å²) in [5.41, 5.74) is 7.61. The van der Waals surface area contributed by atoms with Crippen LogP contribution in [0.25, 0.3) is 0 Å². The first-order valence-electron chi connectivity index (χ1n) is 4.89. The molecule has 0 fully saturated rings. The number of ketones is 1. The van der Waals surface area contributed by atoms with E-state index in [1.807, 2.05) is 6.92 Å². The van der Waals surface area contributed by atoms with Crippen molar-refractivity contribution in [3.05, 3.63) is 23.3 Å². The van der Waals surface area contributed by atoms with Crippen LogP contribution in [0.4, 0.5) is 5.69 Å². The highest BCUT2D eigenvalue weighted by Gasteiger charge is 2.20. The molecule has 0 bridgehead atoms. The highest BCUT2D eigenvalue weighted by molar-refractivity contribution is 6.02. The Kier molecular flexibility index (Phi) is 2.60. The molecule has 0 amide bonds. The maximum Gasteiger partial charge on any atom is 0.189 e. The third kappa shape index (κ3) is 1.68. The number of hydrogen-bond donors (Lipinski definition) is 1. The SMILES string of the molecule is CCC(=O)c1c(N)ccc2c1COCO2. The van der Waals surface area contributed by atoms with E-state index in [1.54, 1.807) is 12.1 Å². The molecule has 15 heavy (non-hydrogen) atoms. The van der Waals surface area contributed by atoms with E-state index in [9.17, 15) is 4.79 Å². The Balaban J connectivity index is 2.55. The van der Waals surface area contributed by atoms with Gasteiger partial charge in [-0.2, -0.15) is 0 Å². The van der Waals surface area contributed by atoms with Crippen LogP contribution in [0.5, 0.6) is 5.75 Å². The second-order valence-corrected chi connectivity index (χ2v) is 3.39. The van der Waals surface area contributed by atoms with E-state index in [-0.39, 0.29) is 12.6 Å². The van der Waals surface area contributed by atoms with Crippen molar-refractivity contribution < 1.29 is 14.3 Å². The maximum absolute atomic E-state index is 11.7. The fourth-order valence-corrected chi connectivity index (χ4v) is 1.68. The molecule has 1 aromatic rings. The highest BCUT2D eigenvalue weighted by atomic mass is 16.7. The molecule has 0 saturated carbocycles. The molecular formula is C11H13NO3. The zero-order valence-electron chi connectivity index (χ0n) is 8.58. The van der Waals surface area contributed by atoms with Gasteiger partial charge >= 0.3 is 0 Å². The summed E-state index contributed by atoms with van der Waals surface area (Å²) in [6.07, 6.45) is 0.431. The van der Waals surface area contributed by atoms with Gasteiger partial charge in [0.15, 0.2) is 12.6 Å². The Bertz CT molecular complexity index is 401. The van der Waals surface area contributed by atoms with Crippen molar-refractivity contribution in [2.24, 2.45) is 0 Å². The van der Waals surface area contributed by atoms with Gasteiger partial charge in [0.1, 0.15) is 5.75 Å². The summed E-state index contributed by atoms with van der Waals surface area (Å²) in [7, 11) is 0. The van der Waals surface area contributed by atoms with Crippen LogP contribution >= 0.6 is 0 Å².